The lowest BCUT2D eigenvalue weighted by Crippen LogP contribution is -2.48. The van der Waals surface area contributed by atoms with Gasteiger partial charge in [-0.05, 0) is 25.0 Å². The number of hydrogen-bond donors (Lipinski definition) is 0. The van der Waals surface area contributed by atoms with Crippen LogP contribution in [0.25, 0.3) is 0 Å². The van der Waals surface area contributed by atoms with E-state index in [0.29, 0.717) is 12.0 Å². The Hall–Kier alpha value is -1.98. The van der Waals surface area contributed by atoms with Gasteiger partial charge in [0.2, 0.25) is 0 Å². The van der Waals surface area contributed by atoms with Crippen LogP contribution in [-0.2, 0) is 0 Å². The molecule has 0 aromatic carbocycles. The van der Waals surface area contributed by atoms with Crippen LogP contribution in [-0.4, -0.2) is 33.1 Å². The molecule has 0 atom stereocenters. The minimum atomic E-state index is -0.300. The van der Waals surface area contributed by atoms with E-state index < -0.39 is 0 Å². The molecule has 1 saturated heterocycles. The van der Waals surface area contributed by atoms with Gasteiger partial charge in [-0.15, -0.1) is 5.10 Å². The Morgan fingerprint density at radius 3 is 2.74 bits per heavy atom. The Morgan fingerprint density at radius 2 is 2.05 bits per heavy atom. The second kappa shape index (κ2) is 4.01. The zero-order chi connectivity index (χ0) is 12.8. The first-order valence-corrected chi connectivity index (χ1v) is 6.58. The Labute approximate surface area is 110 Å². The molecule has 3 heterocycles. The molecule has 0 bridgehead atoms. The zero-order valence-corrected chi connectivity index (χ0v) is 10.4. The van der Waals surface area contributed by atoms with Gasteiger partial charge in [0.15, 0.2) is 0 Å². The minimum Gasteiger partial charge on any atom is -0.352 e. The SMILES string of the molecule is Fc1ccc(N2CC(n3cc(C4CC4)nn3)C2)nc1. The smallest absolute Gasteiger partial charge is 0.141 e. The highest BCUT2D eigenvalue weighted by atomic mass is 19.1. The predicted octanol–water partition coefficient (Wildman–Crippen LogP) is 1.75. The number of pyridine rings is 1. The molecule has 6 heteroatoms. The van der Waals surface area contributed by atoms with Gasteiger partial charge >= 0.3 is 0 Å². The van der Waals surface area contributed by atoms with Crippen molar-refractivity contribution in [2.75, 3.05) is 18.0 Å². The number of hydrogen-bond acceptors (Lipinski definition) is 4. The average Bonchev–Trinajstić information content (AvgIpc) is 3.10. The van der Waals surface area contributed by atoms with Gasteiger partial charge < -0.3 is 4.90 Å². The van der Waals surface area contributed by atoms with Crippen LogP contribution in [0, 0.1) is 5.82 Å². The topological polar surface area (TPSA) is 46.8 Å². The molecule has 2 fully saturated rings. The largest absolute Gasteiger partial charge is 0.352 e. The van der Waals surface area contributed by atoms with E-state index >= 15 is 0 Å². The fraction of sp³-hybridized carbons (Fsp3) is 0.462. The summed E-state index contributed by atoms with van der Waals surface area (Å²) in [6, 6.07) is 3.51. The van der Waals surface area contributed by atoms with Crippen molar-refractivity contribution in [2.45, 2.75) is 24.8 Å². The van der Waals surface area contributed by atoms with Crippen LogP contribution < -0.4 is 4.90 Å². The van der Waals surface area contributed by atoms with E-state index in [2.05, 4.69) is 26.4 Å². The van der Waals surface area contributed by atoms with Crippen LogP contribution in [0.5, 0.6) is 0 Å². The third-order valence-electron chi connectivity index (χ3n) is 3.80. The van der Waals surface area contributed by atoms with Gasteiger partial charge in [-0.2, -0.15) is 0 Å². The fourth-order valence-corrected chi connectivity index (χ4v) is 2.40. The fourth-order valence-electron chi connectivity index (χ4n) is 2.40. The lowest BCUT2D eigenvalue weighted by molar-refractivity contribution is 0.358. The Balaban J connectivity index is 1.42. The normalized spacial score (nSPS) is 19.5. The molecule has 2 aromatic rings. The van der Waals surface area contributed by atoms with Crippen molar-refractivity contribution < 1.29 is 4.39 Å². The minimum absolute atomic E-state index is 0.300. The molecule has 4 rings (SSSR count). The van der Waals surface area contributed by atoms with Crippen molar-refractivity contribution >= 4 is 5.82 Å². The molecular formula is C13H14FN5. The van der Waals surface area contributed by atoms with E-state index in [1.54, 1.807) is 6.07 Å². The molecule has 1 saturated carbocycles. The Kier molecular flexibility index (Phi) is 2.30. The lowest BCUT2D eigenvalue weighted by Gasteiger charge is -2.39. The molecule has 0 unspecified atom stereocenters. The first-order valence-electron chi connectivity index (χ1n) is 6.58. The van der Waals surface area contributed by atoms with Crippen molar-refractivity contribution in [3.63, 3.8) is 0 Å². The molecule has 0 spiro atoms. The molecule has 1 aliphatic heterocycles. The van der Waals surface area contributed by atoms with Gasteiger partial charge in [0.1, 0.15) is 11.6 Å². The van der Waals surface area contributed by atoms with E-state index in [1.807, 2.05) is 4.68 Å². The van der Waals surface area contributed by atoms with Crippen molar-refractivity contribution in [3.8, 4) is 0 Å². The maximum atomic E-state index is 12.8. The molecule has 2 aromatic heterocycles. The van der Waals surface area contributed by atoms with Gasteiger partial charge in [-0.3, -0.25) is 0 Å². The number of halogens is 1. The van der Waals surface area contributed by atoms with Crippen molar-refractivity contribution in [3.05, 3.63) is 36.0 Å². The summed E-state index contributed by atoms with van der Waals surface area (Å²) in [4.78, 5) is 6.19. The molecule has 5 nitrogen and oxygen atoms in total. The van der Waals surface area contributed by atoms with Crippen molar-refractivity contribution in [1.29, 1.82) is 0 Å². The average molecular weight is 259 g/mol. The van der Waals surface area contributed by atoms with E-state index in [-0.39, 0.29) is 5.82 Å². The van der Waals surface area contributed by atoms with Gasteiger partial charge in [0.25, 0.3) is 0 Å². The summed E-state index contributed by atoms with van der Waals surface area (Å²) in [6.45, 7) is 1.71. The summed E-state index contributed by atoms with van der Waals surface area (Å²) in [5, 5.41) is 8.42. The van der Waals surface area contributed by atoms with Crippen LogP contribution in [0.15, 0.2) is 24.5 Å². The molecule has 19 heavy (non-hydrogen) atoms. The molecule has 98 valence electrons. The van der Waals surface area contributed by atoms with Crippen LogP contribution in [0.2, 0.25) is 0 Å². The monoisotopic (exact) mass is 259 g/mol. The maximum Gasteiger partial charge on any atom is 0.141 e. The highest BCUT2D eigenvalue weighted by Gasteiger charge is 2.32. The Bertz CT molecular complexity index is 583. The third kappa shape index (κ3) is 1.97. The van der Waals surface area contributed by atoms with Gasteiger partial charge in [-0.25, -0.2) is 14.1 Å². The van der Waals surface area contributed by atoms with Crippen LogP contribution in [0.3, 0.4) is 0 Å². The summed E-state index contributed by atoms with van der Waals surface area (Å²) >= 11 is 0. The van der Waals surface area contributed by atoms with Crippen molar-refractivity contribution in [2.24, 2.45) is 0 Å². The molecule has 0 radical (unpaired) electrons. The highest BCUT2D eigenvalue weighted by molar-refractivity contribution is 5.41. The van der Waals surface area contributed by atoms with Crippen molar-refractivity contribution in [1.82, 2.24) is 20.0 Å². The molecular weight excluding hydrogens is 245 g/mol. The second-order valence-electron chi connectivity index (χ2n) is 5.29. The van der Waals surface area contributed by atoms with Crippen LogP contribution >= 0.6 is 0 Å². The third-order valence-corrected chi connectivity index (χ3v) is 3.80. The standard InChI is InChI=1S/C13H14FN5/c14-10-3-4-13(15-5-10)18-6-11(7-18)19-8-12(16-17-19)9-1-2-9/h3-5,8-9,11H,1-2,6-7H2. The number of rotatable bonds is 3. The van der Waals surface area contributed by atoms with Gasteiger partial charge in [0.05, 0.1) is 17.9 Å². The molecule has 1 aliphatic carbocycles. The number of aromatic nitrogens is 4. The van der Waals surface area contributed by atoms with Gasteiger partial charge in [0, 0.05) is 25.2 Å². The quantitative estimate of drug-likeness (QED) is 0.842. The maximum absolute atomic E-state index is 12.8. The van der Waals surface area contributed by atoms with E-state index in [1.165, 1.54) is 25.1 Å². The van der Waals surface area contributed by atoms with Crippen LogP contribution in [0.4, 0.5) is 10.2 Å². The summed E-state index contributed by atoms with van der Waals surface area (Å²) in [5.41, 5.74) is 1.12. The van der Waals surface area contributed by atoms with E-state index in [4.69, 9.17) is 0 Å². The Morgan fingerprint density at radius 1 is 1.21 bits per heavy atom. The molecule has 0 amide bonds. The summed E-state index contributed by atoms with van der Waals surface area (Å²) in [5.74, 6) is 1.16. The van der Waals surface area contributed by atoms with E-state index in [0.717, 1.165) is 24.6 Å². The lowest BCUT2D eigenvalue weighted by atomic mass is 10.1. The first kappa shape index (κ1) is 10.9. The highest BCUT2D eigenvalue weighted by Crippen LogP contribution is 2.39. The van der Waals surface area contributed by atoms with Crippen LogP contribution in [0.1, 0.15) is 30.5 Å². The zero-order valence-electron chi connectivity index (χ0n) is 10.4. The molecule has 2 aliphatic rings. The summed E-state index contributed by atoms with van der Waals surface area (Å²) < 4.78 is 14.7. The number of anilines is 1. The van der Waals surface area contributed by atoms with E-state index in [9.17, 15) is 4.39 Å². The number of nitrogens with zero attached hydrogens (tertiary/aromatic N) is 5. The van der Waals surface area contributed by atoms with Gasteiger partial charge in [-0.1, -0.05) is 5.21 Å². The predicted molar refractivity (Wildman–Crippen MR) is 67.4 cm³/mol. The molecule has 0 N–H and O–H groups in total. The first-order chi connectivity index (χ1) is 9.29. The summed E-state index contributed by atoms with van der Waals surface area (Å²) in [7, 11) is 0. The summed E-state index contributed by atoms with van der Waals surface area (Å²) in [6.07, 6.45) is 5.81. The second-order valence-corrected chi connectivity index (χ2v) is 5.29.